The van der Waals surface area contributed by atoms with Crippen molar-refractivity contribution in [2.45, 2.75) is 57.0 Å². The number of hydrogen-bond donors (Lipinski definition) is 1. The first-order valence-electron chi connectivity index (χ1n) is 8.98. The van der Waals surface area contributed by atoms with Gasteiger partial charge in [-0.2, -0.15) is 0 Å². The van der Waals surface area contributed by atoms with Gasteiger partial charge in [-0.15, -0.1) is 0 Å². The Morgan fingerprint density at radius 3 is 2.50 bits per heavy atom. The van der Waals surface area contributed by atoms with Gasteiger partial charge in [-0.05, 0) is 54.2 Å². The average Bonchev–Trinajstić information content (AvgIpc) is 3.06. The molecule has 0 bridgehead atoms. The number of esters is 1. The van der Waals surface area contributed by atoms with Gasteiger partial charge in [0.1, 0.15) is 11.4 Å². The summed E-state index contributed by atoms with van der Waals surface area (Å²) >= 11 is 3.46. The largest absolute Gasteiger partial charge is 0.474 e. The summed E-state index contributed by atoms with van der Waals surface area (Å²) in [5, 5.41) is 11.3. The van der Waals surface area contributed by atoms with Crippen LogP contribution in [-0.2, 0) is 19.0 Å². The van der Waals surface area contributed by atoms with Gasteiger partial charge in [-0.1, -0.05) is 12.1 Å². The number of aliphatic hydroxyl groups is 1. The molecule has 1 saturated carbocycles. The number of ether oxygens (including phenoxy) is 4. The van der Waals surface area contributed by atoms with Crippen LogP contribution in [0, 0.1) is 6.92 Å². The highest BCUT2D eigenvalue weighted by atomic mass is 79.9. The van der Waals surface area contributed by atoms with Crippen LogP contribution in [0.2, 0.25) is 0 Å². The van der Waals surface area contributed by atoms with Crippen LogP contribution in [0.25, 0.3) is 0 Å². The van der Waals surface area contributed by atoms with Gasteiger partial charge in [-0.25, -0.2) is 4.79 Å². The van der Waals surface area contributed by atoms with Gasteiger partial charge in [0.2, 0.25) is 6.10 Å². The number of aryl methyl sites for hydroxylation is 1. The summed E-state index contributed by atoms with van der Waals surface area (Å²) in [4.78, 5) is 12.6. The zero-order chi connectivity index (χ0) is 18.8. The Labute approximate surface area is 161 Å². The third kappa shape index (κ3) is 3.91. The lowest BCUT2D eigenvalue weighted by Gasteiger charge is -2.43. The van der Waals surface area contributed by atoms with Gasteiger partial charge >= 0.3 is 5.97 Å². The maximum absolute atomic E-state index is 12.6. The van der Waals surface area contributed by atoms with Crippen LogP contribution in [0.4, 0.5) is 0 Å². The number of benzene rings is 1. The number of rotatable bonds is 5. The second-order valence-electron chi connectivity index (χ2n) is 6.85. The Morgan fingerprint density at radius 1 is 1.27 bits per heavy atom. The van der Waals surface area contributed by atoms with Crippen LogP contribution >= 0.6 is 15.9 Å². The third-order valence-corrected chi connectivity index (χ3v) is 5.70. The lowest BCUT2D eigenvalue weighted by Crippen LogP contribution is -2.56. The lowest BCUT2D eigenvalue weighted by molar-refractivity contribution is -0.218. The van der Waals surface area contributed by atoms with Crippen molar-refractivity contribution in [3.63, 3.8) is 0 Å². The summed E-state index contributed by atoms with van der Waals surface area (Å²) in [6.07, 6.45) is 0.577. The van der Waals surface area contributed by atoms with E-state index in [4.69, 9.17) is 18.9 Å². The minimum absolute atomic E-state index is 0.222. The molecule has 1 aromatic carbocycles. The molecule has 2 aliphatic rings. The molecule has 7 heteroatoms. The van der Waals surface area contributed by atoms with Crippen molar-refractivity contribution in [3.05, 3.63) is 28.2 Å². The van der Waals surface area contributed by atoms with E-state index in [9.17, 15) is 9.90 Å². The second-order valence-corrected chi connectivity index (χ2v) is 7.70. The van der Waals surface area contributed by atoms with Crippen LogP contribution in [0.1, 0.15) is 38.2 Å². The Balaban J connectivity index is 1.83. The van der Waals surface area contributed by atoms with Crippen LogP contribution in [0.15, 0.2) is 22.7 Å². The zero-order valence-corrected chi connectivity index (χ0v) is 16.7. The van der Waals surface area contributed by atoms with E-state index in [1.165, 1.54) is 0 Å². The molecular formula is C19H25BrO6. The molecule has 144 valence electrons. The summed E-state index contributed by atoms with van der Waals surface area (Å²) in [6, 6.07) is 5.62. The summed E-state index contributed by atoms with van der Waals surface area (Å²) in [5.74, 6) is -0.656. The Bertz CT molecular complexity index is 625. The first kappa shape index (κ1) is 19.6. The summed E-state index contributed by atoms with van der Waals surface area (Å²) < 4.78 is 23.4. The van der Waals surface area contributed by atoms with E-state index in [0.717, 1.165) is 10.0 Å². The molecule has 1 N–H and O–H groups in total. The Hall–Kier alpha value is -1.15. The van der Waals surface area contributed by atoms with Gasteiger partial charge in [0.05, 0.1) is 24.3 Å². The van der Waals surface area contributed by atoms with Gasteiger partial charge in [0, 0.05) is 12.8 Å². The number of carbonyl (C=O) groups excluding carboxylic acids is 1. The highest BCUT2D eigenvalue weighted by Crippen LogP contribution is 2.43. The molecule has 1 unspecified atom stereocenters. The fourth-order valence-corrected chi connectivity index (χ4v) is 4.15. The number of halogens is 1. The van der Waals surface area contributed by atoms with Gasteiger partial charge in [0.25, 0.3) is 0 Å². The molecule has 1 aliphatic carbocycles. The van der Waals surface area contributed by atoms with Crippen LogP contribution in [0.3, 0.4) is 0 Å². The molecule has 1 atom stereocenters. The van der Waals surface area contributed by atoms with Crippen molar-refractivity contribution in [1.29, 1.82) is 0 Å². The first-order chi connectivity index (χ1) is 12.4. The van der Waals surface area contributed by atoms with Crippen molar-refractivity contribution in [1.82, 2.24) is 0 Å². The summed E-state index contributed by atoms with van der Waals surface area (Å²) in [7, 11) is 0. The highest BCUT2D eigenvalue weighted by Gasteiger charge is 2.52. The van der Waals surface area contributed by atoms with E-state index in [1.807, 2.05) is 25.1 Å². The molecule has 0 amide bonds. The molecule has 2 fully saturated rings. The van der Waals surface area contributed by atoms with Gasteiger partial charge in [0.15, 0.2) is 5.79 Å². The van der Waals surface area contributed by atoms with Crippen molar-refractivity contribution in [2.75, 3.05) is 19.8 Å². The van der Waals surface area contributed by atoms with E-state index >= 15 is 0 Å². The molecule has 0 aromatic heterocycles. The summed E-state index contributed by atoms with van der Waals surface area (Å²) in [5.41, 5.74) is -0.471. The smallest absolute Gasteiger partial charge is 0.350 e. The fraction of sp³-hybridized carbons (Fsp3) is 0.632. The predicted octanol–water partition coefficient (Wildman–Crippen LogP) is 3.12. The minimum Gasteiger partial charge on any atom is -0.474 e. The molecule has 3 rings (SSSR count). The number of para-hydroxylation sites is 1. The molecule has 1 aromatic rings. The average molecular weight is 429 g/mol. The molecule has 0 radical (unpaired) electrons. The van der Waals surface area contributed by atoms with Gasteiger partial charge in [-0.3, -0.25) is 0 Å². The van der Waals surface area contributed by atoms with Crippen molar-refractivity contribution >= 4 is 21.9 Å². The van der Waals surface area contributed by atoms with Gasteiger partial charge < -0.3 is 24.1 Å². The molecular weight excluding hydrogens is 404 g/mol. The third-order valence-electron chi connectivity index (χ3n) is 5.08. The van der Waals surface area contributed by atoms with E-state index in [1.54, 1.807) is 6.92 Å². The monoisotopic (exact) mass is 428 g/mol. The molecule has 1 aliphatic heterocycles. The van der Waals surface area contributed by atoms with Crippen LogP contribution in [0.5, 0.6) is 5.75 Å². The Morgan fingerprint density at radius 2 is 1.92 bits per heavy atom. The normalized spacial score (nSPS) is 22.2. The summed E-state index contributed by atoms with van der Waals surface area (Å²) in [6.45, 7) is 4.97. The maximum Gasteiger partial charge on any atom is 0.350 e. The number of carbonyl (C=O) groups is 1. The first-order valence-corrected chi connectivity index (χ1v) is 9.77. The molecule has 1 saturated heterocycles. The second kappa shape index (κ2) is 7.84. The Kier molecular flexibility index (Phi) is 5.91. The molecule has 26 heavy (non-hydrogen) atoms. The maximum atomic E-state index is 12.6. The van der Waals surface area contributed by atoms with E-state index in [0.29, 0.717) is 44.6 Å². The van der Waals surface area contributed by atoms with Crippen molar-refractivity contribution in [2.24, 2.45) is 0 Å². The van der Waals surface area contributed by atoms with Crippen molar-refractivity contribution < 1.29 is 28.8 Å². The molecule has 1 heterocycles. The standard InChI is InChI=1S/C19H25BrO6/c1-3-23-17(21)16(26-15-13(2)5-4-6-14(15)20)18(22)7-9-19(10-8-18)24-11-12-25-19/h4-6,16,22H,3,7-12H2,1-2H3. The minimum atomic E-state index is -1.34. The quantitative estimate of drug-likeness (QED) is 0.726. The van der Waals surface area contributed by atoms with Crippen molar-refractivity contribution in [3.8, 4) is 5.75 Å². The topological polar surface area (TPSA) is 74.2 Å². The van der Waals surface area contributed by atoms with Crippen LogP contribution in [-0.4, -0.2) is 48.4 Å². The zero-order valence-electron chi connectivity index (χ0n) is 15.1. The SMILES string of the molecule is CCOC(=O)C(Oc1c(C)cccc1Br)C1(O)CCC2(CC1)OCCO2. The molecule has 6 nitrogen and oxygen atoms in total. The lowest BCUT2D eigenvalue weighted by atomic mass is 9.77. The van der Waals surface area contributed by atoms with E-state index in [2.05, 4.69) is 15.9 Å². The fourth-order valence-electron chi connectivity index (χ4n) is 3.59. The number of hydrogen-bond acceptors (Lipinski definition) is 6. The van der Waals surface area contributed by atoms with Crippen LogP contribution < -0.4 is 4.74 Å². The molecule has 1 spiro atoms. The van der Waals surface area contributed by atoms with E-state index in [-0.39, 0.29) is 6.61 Å². The predicted molar refractivity (Wildman–Crippen MR) is 98.0 cm³/mol. The van der Waals surface area contributed by atoms with E-state index < -0.39 is 23.5 Å². The highest BCUT2D eigenvalue weighted by molar-refractivity contribution is 9.10.